The van der Waals surface area contributed by atoms with Crippen molar-refractivity contribution in [3.8, 4) is 23.0 Å². The molecule has 6 rings (SSSR count). The van der Waals surface area contributed by atoms with Crippen molar-refractivity contribution in [1.82, 2.24) is 43.6 Å². The van der Waals surface area contributed by atoms with Crippen LogP contribution in [0.4, 0.5) is 5.95 Å². The summed E-state index contributed by atoms with van der Waals surface area (Å²) >= 11 is 6.71. The van der Waals surface area contributed by atoms with E-state index in [-0.39, 0.29) is 10.9 Å². The number of benzene rings is 1. The summed E-state index contributed by atoms with van der Waals surface area (Å²) in [5.41, 5.74) is 3.31. The lowest BCUT2D eigenvalue weighted by atomic mass is 10.1. The molecule has 13 nitrogen and oxygen atoms in total. The monoisotopic (exact) mass is 635 g/mol. The lowest BCUT2D eigenvalue weighted by Crippen LogP contribution is -2.43. The third kappa shape index (κ3) is 6.47. The minimum Gasteiger partial charge on any atom is -0.351 e. The largest absolute Gasteiger partial charge is 0.351 e. The molecule has 2 fully saturated rings. The number of piperidine rings is 1. The van der Waals surface area contributed by atoms with Gasteiger partial charge in [0.25, 0.3) is 0 Å². The van der Waals surface area contributed by atoms with E-state index in [0.717, 1.165) is 44.0 Å². The van der Waals surface area contributed by atoms with Gasteiger partial charge in [0, 0.05) is 76.9 Å². The van der Waals surface area contributed by atoms with Crippen molar-refractivity contribution in [2.24, 2.45) is 7.05 Å². The minimum atomic E-state index is -3.59. The lowest BCUT2D eigenvalue weighted by molar-refractivity contribution is 0.148. The second-order valence-electron chi connectivity index (χ2n) is 11.3. The van der Waals surface area contributed by atoms with Crippen LogP contribution in [0.1, 0.15) is 24.0 Å². The summed E-state index contributed by atoms with van der Waals surface area (Å²) in [6.07, 6.45) is 8.99. The number of likely N-dealkylation sites (N-methyl/N-ethyl adjacent to an activating group) is 1. The first kappa shape index (κ1) is 30.2. The molecule has 4 aromatic rings. The fraction of sp³-hybridized carbons (Fsp3) is 0.414. The first-order chi connectivity index (χ1) is 21.2. The zero-order valence-corrected chi connectivity index (χ0v) is 26.2. The summed E-state index contributed by atoms with van der Waals surface area (Å²) in [7, 11) is 0.242. The van der Waals surface area contributed by atoms with Crippen LogP contribution in [0.5, 0.6) is 0 Å². The predicted octanol–water partition coefficient (Wildman–Crippen LogP) is 2.60. The van der Waals surface area contributed by atoms with Gasteiger partial charge in [0.15, 0.2) is 0 Å². The molecule has 0 saturated carbocycles. The first-order valence-corrected chi connectivity index (χ1v) is 16.3. The van der Waals surface area contributed by atoms with Crippen LogP contribution in [0.15, 0.2) is 54.1 Å². The van der Waals surface area contributed by atoms with Gasteiger partial charge in [-0.3, -0.25) is 9.58 Å². The van der Waals surface area contributed by atoms with Crippen molar-refractivity contribution in [2.45, 2.75) is 30.3 Å². The summed E-state index contributed by atoms with van der Waals surface area (Å²) in [5.74, 6) is 0.367. The van der Waals surface area contributed by atoms with E-state index in [1.54, 1.807) is 24.1 Å². The SMILES string of the molecule is CN1CCN(Cc2ccc(-n3cc(-c4nc(NC5CCN(S(=O)(=O)c6cnn(C)c6)CC5)ncc4C#N)cn3)c(Cl)c2)CC1. The first-order valence-electron chi connectivity index (χ1n) is 14.5. The molecule has 2 aliphatic heterocycles. The van der Waals surface area contributed by atoms with Crippen LogP contribution in [0.2, 0.25) is 5.02 Å². The molecule has 15 heteroatoms. The molecule has 0 radical (unpaired) electrons. The Bertz CT molecular complexity index is 1780. The fourth-order valence-electron chi connectivity index (χ4n) is 5.53. The van der Waals surface area contributed by atoms with Crippen molar-refractivity contribution in [3.63, 3.8) is 0 Å². The Morgan fingerprint density at radius 2 is 1.80 bits per heavy atom. The molecule has 0 amide bonds. The molecular weight excluding hydrogens is 602 g/mol. The number of halogens is 1. The van der Waals surface area contributed by atoms with E-state index in [2.05, 4.69) is 54.5 Å². The van der Waals surface area contributed by atoms with Crippen molar-refractivity contribution in [1.29, 1.82) is 5.26 Å². The van der Waals surface area contributed by atoms with E-state index < -0.39 is 10.0 Å². The number of anilines is 1. The van der Waals surface area contributed by atoms with Crippen molar-refractivity contribution in [3.05, 3.63) is 65.3 Å². The van der Waals surface area contributed by atoms with Crippen LogP contribution < -0.4 is 5.32 Å². The summed E-state index contributed by atoms with van der Waals surface area (Å²) in [6.45, 7) is 5.75. The molecule has 0 atom stereocenters. The number of aryl methyl sites for hydroxylation is 1. The standard InChI is InChI=1S/C29H34ClN11O2S/c1-37-9-11-39(12-10-37)18-21-3-4-27(26(30)13-21)41-19-23(16-34-41)28-22(14-31)15-32-29(36-28)35-24-5-7-40(8-6-24)44(42,43)25-17-33-38(2)20-25/h3-4,13,15-17,19-20,24H,5-12,18H2,1-2H3,(H,32,35,36). The van der Waals surface area contributed by atoms with Crippen LogP contribution in [0.3, 0.4) is 0 Å². The van der Waals surface area contributed by atoms with Gasteiger partial charge >= 0.3 is 0 Å². The van der Waals surface area contributed by atoms with Gasteiger partial charge in [-0.05, 0) is 37.6 Å². The number of nitrogens with one attached hydrogen (secondary N) is 1. The van der Waals surface area contributed by atoms with E-state index >= 15 is 0 Å². The molecule has 44 heavy (non-hydrogen) atoms. The maximum Gasteiger partial charge on any atom is 0.246 e. The van der Waals surface area contributed by atoms with Gasteiger partial charge in [-0.1, -0.05) is 17.7 Å². The van der Waals surface area contributed by atoms with Crippen LogP contribution >= 0.6 is 11.6 Å². The summed E-state index contributed by atoms with van der Waals surface area (Å²) in [4.78, 5) is 14.0. The van der Waals surface area contributed by atoms with Crippen molar-refractivity contribution in [2.75, 3.05) is 51.6 Å². The number of aromatic nitrogens is 6. The third-order valence-corrected chi connectivity index (χ3v) is 10.3. The highest BCUT2D eigenvalue weighted by Gasteiger charge is 2.30. The number of hydrogen-bond donors (Lipinski definition) is 1. The van der Waals surface area contributed by atoms with Crippen molar-refractivity contribution >= 4 is 27.6 Å². The van der Waals surface area contributed by atoms with Gasteiger partial charge in [0.05, 0.1) is 40.6 Å². The van der Waals surface area contributed by atoms with Crippen molar-refractivity contribution < 1.29 is 8.42 Å². The summed E-state index contributed by atoms with van der Waals surface area (Å²) < 4.78 is 30.5. The molecule has 2 aliphatic rings. The van der Waals surface area contributed by atoms with Gasteiger partial charge in [-0.25, -0.2) is 23.1 Å². The highest BCUT2D eigenvalue weighted by atomic mass is 35.5. The Morgan fingerprint density at radius 3 is 2.48 bits per heavy atom. The van der Waals surface area contributed by atoms with Gasteiger partial charge in [-0.2, -0.15) is 19.8 Å². The maximum atomic E-state index is 12.9. The molecule has 2 saturated heterocycles. The molecule has 230 valence electrons. The smallest absolute Gasteiger partial charge is 0.246 e. The van der Waals surface area contributed by atoms with Crippen LogP contribution in [-0.2, 0) is 23.6 Å². The number of piperazine rings is 1. The number of hydrogen-bond acceptors (Lipinski definition) is 10. The van der Waals surface area contributed by atoms with E-state index in [9.17, 15) is 13.7 Å². The molecule has 0 aliphatic carbocycles. The Morgan fingerprint density at radius 1 is 1.02 bits per heavy atom. The van der Waals surface area contributed by atoms with Crippen LogP contribution in [0, 0.1) is 11.3 Å². The topological polar surface area (TPSA) is 141 Å². The Labute approximate surface area is 261 Å². The Hall–Kier alpha value is -3.87. The molecule has 3 aromatic heterocycles. The molecule has 1 aromatic carbocycles. The zero-order chi connectivity index (χ0) is 30.8. The zero-order valence-electron chi connectivity index (χ0n) is 24.6. The second kappa shape index (κ2) is 12.6. The molecule has 5 heterocycles. The molecule has 0 bridgehead atoms. The van der Waals surface area contributed by atoms with Gasteiger partial charge in [0.2, 0.25) is 16.0 Å². The van der Waals surface area contributed by atoms with E-state index in [4.69, 9.17) is 11.6 Å². The minimum absolute atomic E-state index is 0.0259. The van der Waals surface area contributed by atoms with Gasteiger partial charge in [-0.15, -0.1) is 0 Å². The predicted molar refractivity (Wildman–Crippen MR) is 166 cm³/mol. The average Bonchev–Trinajstić information content (AvgIpc) is 3.69. The number of sulfonamides is 1. The number of rotatable bonds is 8. The second-order valence-corrected chi connectivity index (χ2v) is 13.6. The third-order valence-electron chi connectivity index (χ3n) is 8.13. The molecule has 0 unspecified atom stereocenters. The summed E-state index contributed by atoms with van der Waals surface area (Å²) in [6, 6.07) is 8.16. The van der Waals surface area contributed by atoms with Gasteiger partial charge in [0.1, 0.15) is 11.0 Å². The van der Waals surface area contributed by atoms with E-state index in [1.807, 2.05) is 12.1 Å². The fourth-order valence-corrected chi connectivity index (χ4v) is 7.28. The van der Waals surface area contributed by atoms with Gasteiger partial charge < -0.3 is 10.2 Å². The Balaban J connectivity index is 1.13. The average molecular weight is 636 g/mol. The van der Waals surface area contributed by atoms with Crippen LogP contribution in [-0.4, -0.2) is 104 Å². The van der Waals surface area contributed by atoms with Crippen LogP contribution in [0.25, 0.3) is 16.9 Å². The highest BCUT2D eigenvalue weighted by Crippen LogP contribution is 2.28. The quantitative estimate of drug-likeness (QED) is 0.307. The highest BCUT2D eigenvalue weighted by molar-refractivity contribution is 7.89. The number of nitrogens with zero attached hydrogens (tertiary/aromatic N) is 10. The number of nitriles is 1. The maximum absolute atomic E-state index is 12.9. The molecular formula is C29H34ClN11O2S. The normalized spacial score (nSPS) is 17.5. The van der Waals surface area contributed by atoms with E-state index in [1.165, 1.54) is 27.6 Å². The Kier molecular flexibility index (Phi) is 8.66. The van der Waals surface area contributed by atoms with E-state index in [0.29, 0.717) is 53.7 Å². The molecule has 1 N–H and O–H groups in total. The summed E-state index contributed by atoms with van der Waals surface area (Å²) in [5, 5.41) is 22.2. The molecule has 0 spiro atoms. The lowest BCUT2D eigenvalue weighted by Gasteiger charge is -2.32.